The summed E-state index contributed by atoms with van der Waals surface area (Å²) in [6, 6.07) is 15.7. The Labute approximate surface area is 227 Å². The van der Waals surface area contributed by atoms with Gasteiger partial charge in [-0.2, -0.15) is 10.4 Å². The normalized spacial score (nSPS) is 21.1. The summed E-state index contributed by atoms with van der Waals surface area (Å²) in [5, 5.41) is 27.8. The fourth-order valence-corrected chi connectivity index (χ4v) is 6.43. The number of aromatic carboxylic acids is 1. The Hall–Kier alpha value is -4.45. The number of benzene rings is 2. The van der Waals surface area contributed by atoms with E-state index in [9.17, 15) is 15.2 Å². The zero-order chi connectivity index (χ0) is 27.3. The molecule has 2 aliphatic heterocycles. The molecule has 2 fully saturated rings. The van der Waals surface area contributed by atoms with E-state index in [1.54, 1.807) is 18.2 Å². The molecule has 0 amide bonds. The molecule has 2 aromatic carbocycles. The zero-order valence-corrected chi connectivity index (χ0v) is 22.3. The second kappa shape index (κ2) is 9.70. The van der Waals surface area contributed by atoms with Crippen LogP contribution in [0.4, 0.5) is 11.5 Å². The number of carboxylic acid groups (broad SMARTS) is 1. The number of hydrogen-bond acceptors (Lipinski definition) is 7. The minimum Gasteiger partial charge on any atom is -0.478 e. The Bertz CT molecular complexity index is 1610. The lowest BCUT2D eigenvalue weighted by atomic mass is 9.88. The number of para-hydroxylation sites is 1. The second-order valence-corrected chi connectivity index (χ2v) is 10.8. The summed E-state index contributed by atoms with van der Waals surface area (Å²) < 4.78 is 1.86. The average Bonchev–Trinajstić information content (AvgIpc) is 3.47. The molecular weight excluding hydrogens is 490 g/mol. The minimum absolute atomic E-state index is 0.215. The zero-order valence-electron chi connectivity index (χ0n) is 22.3. The topological polar surface area (TPSA) is 120 Å². The SMILES string of the molecule is Cc1cc(C(C)Nc2ccccc2C(=O)O)c2nc(N3C4CCC3CC(c3ccn(C)n3)C4)c(C#N)nc2c1. The summed E-state index contributed by atoms with van der Waals surface area (Å²) in [6.07, 6.45) is 6.07. The van der Waals surface area contributed by atoms with Gasteiger partial charge >= 0.3 is 5.97 Å². The lowest BCUT2D eigenvalue weighted by Gasteiger charge is -2.39. The molecule has 0 saturated carbocycles. The number of anilines is 2. The molecule has 6 rings (SSSR count). The lowest BCUT2D eigenvalue weighted by molar-refractivity contribution is 0.0698. The van der Waals surface area contributed by atoms with Crippen LogP contribution >= 0.6 is 0 Å². The number of nitrogens with one attached hydrogen (secondary N) is 1. The first-order valence-electron chi connectivity index (χ1n) is 13.4. The summed E-state index contributed by atoms with van der Waals surface area (Å²) in [5.41, 5.74) is 5.56. The van der Waals surface area contributed by atoms with Crippen LogP contribution in [0.25, 0.3) is 11.0 Å². The van der Waals surface area contributed by atoms with Crippen LogP contribution in [0.15, 0.2) is 48.7 Å². The molecule has 2 aromatic heterocycles. The van der Waals surface area contributed by atoms with Gasteiger partial charge in [0, 0.05) is 42.5 Å². The molecule has 0 radical (unpaired) electrons. The molecule has 2 aliphatic rings. The summed E-state index contributed by atoms with van der Waals surface area (Å²) in [7, 11) is 1.95. The maximum Gasteiger partial charge on any atom is 0.337 e. The molecule has 9 nitrogen and oxygen atoms in total. The van der Waals surface area contributed by atoms with Gasteiger partial charge in [-0.15, -0.1) is 0 Å². The van der Waals surface area contributed by atoms with Crippen LogP contribution < -0.4 is 10.2 Å². The Kier molecular flexibility index (Phi) is 6.18. The van der Waals surface area contributed by atoms with E-state index in [1.165, 1.54) is 0 Å². The first kappa shape index (κ1) is 24.9. The summed E-state index contributed by atoms with van der Waals surface area (Å²) >= 11 is 0. The van der Waals surface area contributed by atoms with Crippen molar-refractivity contribution in [3.05, 3.63) is 76.7 Å². The summed E-state index contributed by atoms with van der Waals surface area (Å²) in [5.74, 6) is 0.0700. The monoisotopic (exact) mass is 521 g/mol. The molecule has 0 aliphatic carbocycles. The fraction of sp³-hybridized carbons (Fsp3) is 0.367. The third-order valence-electron chi connectivity index (χ3n) is 8.16. The molecule has 2 bridgehead atoms. The highest BCUT2D eigenvalue weighted by Gasteiger charge is 2.43. The van der Waals surface area contributed by atoms with Gasteiger partial charge < -0.3 is 15.3 Å². The van der Waals surface area contributed by atoms with Crippen molar-refractivity contribution >= 4 is 28.5 Å². The van der Waals surface area contributed by atoms with Crippen LogP contribution in [0.2, 0.25) is 0 Å². The number of carbonyl (C=O) groups is 1. The third-order valence-corrected chi connectivity index (χ3v) is 8.16. The highest BCUT2D eigenvalue weighted by molar-refractivity contribution is 5.94. The lowest BCUT2D eigenvalue weighted by Crippen LogP contribution is -2.43. The molecule has 2 saturated heterocycles. The van der Waals surface area contributed by atoms with Crippen molar-refractivity contribution in [1.82, 2.24) is 19.7 Å². The van der Waals surface area contributed by atoms with Crippen LogP contribution in [-0.2, 0) is 7.05 Å². The van der Waals surface area contributed by atoms with E-state index >= 15 is 0 Å². The number of nitriles is 1. The van der Waals surface area contributed by atoms with Gasteiger partial charge in [-0.3, -0.25) is 4.68 Å². The number of fused-ring (bicyclic) bond motifs is 3. The number of carboxylic acids is 1. The molecular formula is C30H31N7O2. The Morgan fingerprint density at radius 3 is 2.56 bits per heavy atom. The van der Waals surface area contributed by atoms with E-state index in [4.69, 9.17) is 9.97 Å². The smallest absolute Gasteiger partial charge is 0.337 e. The van der Waals surface area contributed by atoms with Crippen LogP contribution in [0.3, 0.4) is 0 Å². The summed E-state index contributed by atoms with van der Waals surface area (Å²) in [4.78, 5) is 24.1. The number of aromatic nitrogens is 4. The molecule has 39 heavy (non-hydrogen) atoms. The van der Waals surface area contributed by atoms with Crippen molar-refractivity contribution < 1.29 is 9.90 Å². The maximum atomic E-state index is 11.8. The highest BCUT2D eigenvalue weighted by Crippen LogP contribution is 2.45. The van der Waals surface area contributed by atoms with Gasteiger partial charge in [0.05, 0.1) is 28.3 Å². The third kappa shape index (κ3) is 4.46. The van der Waals surface area contributed by atoms with E-state index in [-0.39, 0.29) is 23.7 Å². The fourth-order valence-electron chi connectivity index (χ4n) is 6.43. The number of nitrogens with zero attached hydrogens (tertiary/aromatic N) is 6. The van der Waals surface area contributed by atoms with Crippen molar-refractivity contribution in [1.29, 1.82) is 5.26 Å². The van der Waals surface area contributed by atoms with Crippen LogP contribution in [-0.4, -0.2) is 42.9 Å². The molecule has 3 atom stereocenters. The van der Waals surface area contributed by atoms with Gasteiger partial charge in [-0.25, -0.2) is 14.8 Å². The van der Waals surface area contributed by atoms with E-state index in [2.05, 4.69) is 33.5 Å². The predicted octanol–water partition coefficient (Wildman–Crippen LogP) is 5.33. The van der Waals surface area contributed by atoms with Gasteiger partial charge in [-0.1, -0.05) is 18.2 Å². The van der Waals surface area contributed by atoms with E-state index in [0.717, 1.165) is 48.0 Å². The molecule has 0 spiro atoms. The van der Waals surface area contributed by atoms with Crippen LogP contribution in [0.1, 0.15) is 77.4 Å². The largest absolute Gasteiger partial charge is 0.478 e. The standard InChI is InChI=1S/C30H31N7O2/c1-17-12-23(18(2)32-25-7-5-4-6-22(25)30(38)39)28-26(13-17)33-27(16-31)29(34-28)37-20-8-9-21(37)15-19(14-20)24-10-11-36(3)35-24/h4-7,10-13,18-21,32H,8-9,14-15H2,1-3H3,(H,38,39). The van der Waals surface area contributed by atoms with E-state index in [1.807, 2.05) is 43.9 Å². The highest BCUT2D eigenvalue weighted by atomic mass is 16.4. The van der Waals surface area contributed by atoms with Crippen molar-refractivity contribution in [2.75, 3.05) is 10.2 Å². The number of piperidine rings is 1. The Morgan fingerprint density at radius 1 is 1.15 bits per heavy atom. The van der Waals surface area contributed by atoms with Crippen LogP contribution in [0.5, 0.6) is 0 Å². The van der Waals surface area contributed by atoms with Gasteiger partial charge in [0.15, 0.2) is 11.5 Å². The van der Waals surface area contributed by atoms with Gasteiger partial charge in [0.2, 0.25) is 0 Å². The van der Waals surface area contributed by atoms with E-state index in [0.29, 0.717) is 28.6 Å². The van der Waals surface area contributed by atoms with Crippen molar-refractivity contribution in [3.63, 3.8) is 0 Å². The first-order chi connectivity index (χ1) is 18.8. The molecule has 4 aromatic rings. The Balaban J connectivity index is 1.39. The maximum absolute atomic E-state index is 11.8. The quantitative estimate of drug-likeness (QED) is 0.349. The van der Waals surface area contributed by atoms with E-state index < -0.39 is 5.97 Å². The van der Waals surface area contributed by atoms with Gasteiger partial charge in [0.1, 0.15) is 6.07 Å². The molecule has 9 heteroatoms. The molecule has 4 heterocycles. The average molecular weight is 522 g/mol. The first-order valence-corrected chi connectivity index (χ1v) is 13.4. The van der Waals surface area contributed by atoms with Crippen molar-refractivity contribution in [2.45, 2.75) is 63.6 Å². The second-order valence-electron chi connectivity index (χ2n) is 10.8. The van der Waals surface area contributed by atoms with Gasteiger partial charge in [-0.05, 0) is 69.4 Å². The molecule has 198 valence electrons. The molecule has 2 N–H and O–H groups in total. The number of rotatable bonds is 6. The van der Waals surface area contributed by atoms with Crippen molar-refractivity contribution in [3.8, 4) is 6.07 Å². The Morgan fingerprint density at radius 2 is 1.90 bits per heavy atom. The van der Waals surface area contributed by atoms with Crippen molar-refractivity contribution in [2.24, 2.45) is 7.05 Å². The van der Waals surface area contributed by atoms with Crippen LogP contribution in [0, 0.1) is 18.3 Å². The molecule has 3 unspecified atom stereocenters. The summed E-state index contributed by atoms with van der Waals surface area (Å²) in [6.45, 7) is 3.99. The number of aryl methyl sites for hydroxylation is 2. The van der Waals surface area contributed by atoms with Gasteiger partial charge in [0.25, 0.3) is 0 Å². The minimum atomic E-state index is -0.982. The predicted molar refractivity (Wildman–Crippen MR) is 149 cm³/mol. The number of hydrogen-bond donors (Lipinski definition) is 2.